The van der Waals surface area contributed by atoms with Crippen molar-refractivity contribution in [3.63, 3.8) is 0 Å². The molecule has 0 radical (unpaired) electrons. The van der Waals surface area contributed by atoms with Crippen molar-refractivity contribution in [1.82, 2.24) is 0 Å². The second-order valence-electron chi connectivity index (χ2n) is 5.62. The number of hydrogen-bond acceptors (Lipinski definition) is 0. The van der Waals surface area contributed by atoms with E-state index in [1.165, 1.54) is 44.1 Å². The van der Waals surface area contributed by atoms with Crippen LogP contribution in [0.15, 0.2) is 18.2 Å². The maximum absolute atomic E-state index is 6.24. The summed E-state index contributed by atoms with van der Waals surface area (Å²) in [6.07, 6.45) is 9.34. The molecule has 0 aromatic heterocycles. The molecule has 2 rings (SSSR count). The Bertz CT molecular complexity index is 379. The zero-order chi connectivity index (χ0) is 13.0. The second kappa shape index (κ2) is 6.82. The Balaban J connectivity index is 1.89. The second-order valence-corrected chi connectivity index (χ2v) is 6.46. The van der Waals surface area contributed by atoms with Crippen LogP contribution in [-0.4, -0.2) is 0 Å². The molecule has 100 valence electrons. The fraction of sp³-hybridized carbons (Fsp3) is 0.625. The molecular formula is C16H22Cl2. The minimum absolute atomic E-state index is 0.800. The van der Waals surface area contributed by atoms with Crippen LogP contribution in [0.25, 0.3) is 0 Å². The van der Waals surface area contributed by atoms with Gasteiger partial charge >= 0.3 is 0 Å². The topological polar surface area (TPSA) is 0 Å². The quantitative estimate of drug-likeness (QED) is 0.623. The third-order valence-corrected chi connectivity index (χ3v) is 4.78. The van der Waals surface area contributed by atoms with Gasteiger partial charge in [0.25, 0.3) is 0 Å². The van der Waals surface area contributed by atoms with Gasteiger partial charge in [-0.25, -0.2) is 0 Å². The van der Waals surface area contributed by atoms with Crippen molar-refractivity contribution in [3.05, 3.63) is 33.8 Å². The summed E-state index contributed by atoms with van der Waals surface area (Å²) < 4.78 is 0. The largest absolute Gasteiger partial charge is 0.0843 e. The monoisotopic (exact) mass is 284 g/mol. The van der Waals surface area contributed by atoms with Gasteiger partial charge in [0, 0.05) is 10.0 Å². The summed E-state index contributed by atoms with van der Waals surface area (Å²) >= 11 is 12.3. The fourth-order valence-corrected chi connectivity index (χ4v) is 3.53. The molecule has 0 bridgehead atoms. The van der Waals surface area contributed by atoms with E-state index in [2.05, 4.69) is 6.92 Å². The van der Waals surface area contributed by atoms with Crippen molar-refractivity contribution < 1.29 is 0 Å². The van der Waals surface area contributed by atoms with E-state index >= 15 is 0 Å². The Morgan fingerprint density at radius 1 is 1.06 bits per heavy atom. The minimum Gasteiger partial charge on any atom is -0.0843 e. The van der Waals surface area contributed by atoms with E-state index in [-0.39, 0.29) is 0 Å². The molecule has 0 aliphatic heterocycles. The van der Waals surface area contributed by atoms with Crippen LogP contribution in [0, 0.1) is 11.8 Å². The van der Waals surface area contributed by atoms with E-state index in [4.69, 9.17) is 23.2 Å². The third-order valence-electron chi connectivity index (χ3n) is 4.18. The molecule has 1 aromatic carbocycles. The van der Waals surface area contributed by atoms with Crippen LogP contribution in [0.5, 0.6) is 0 Å². The predicted octanol–water partition coefficient (Wildman–Crippen LogP) is 6.14. The first kappa shape index (κ1) is 14.2. The van der Waals surface area contributed by atoms with Crippen molar-refractivity contribution in [3.8, 4) is 0 Å². The molecule has 1 aromatic rings. The lowest BCUT2D eigenvalue weighted by molar-refractivity contribution is 0.261. The molecule has 0 unspecified atom stereocenters. The average Bonchev–Trinajstić information content (AvgIpc) is 2.37. The van der Waals surface area contributed by atoms with Crippen molar-refractivity contribution in [2.45, 2.75) is 51.9 Å². The molecule has 0 heterocycles. The van der Waals surface area contributed by atoms with Gasteiger partial charge in [-0.3, -0.25) is 0 Å². The SMILES string of the molecule is CCCC1CCC(Cc2cc(Cl)ccc2Cl)CC1. The smallest absolute Gasteiger partial charge is 0.0439 e. The predicted molar refractivity (Wildman–Crippen MR) is 80.5 cm³/mol. The van der Waals surface area contributed by atoms with E-state index in [1.54, 1.807) is 0 Å². The van der Waals surface area contributed by atoms with Crippen molar-refractivity contribution in [2.75, 3.05) is 0 Å². The summed E-state index contributed by atoms with van der Waals surface area (Å²) in [6.45, 7) is 2.29. The first-order valence-electron chi connectivity index (χ1n) is 7.13. The third kappa shape index (κ3) is 3.90. The maximum Gasteiger partial charge on any atom is 0.0439 e. The molecule has 18 heavy (non-hydrogen) atoms. The van der Waals surface area contributed by atoms with E-state index in [0.29, 0.717) is 0 Å². The van der Waals surface area contributed by atoms with Crippen LogP contribution in [-0.2, 0) is 6.42 Å². The summed E-state index contributed by atoms with van der Waals surface area (Å²) in [5, 5.41) is 1.67. The van der Waals surface area contributed by atoms with Gasteiger partial charge in [-0.1, -0.05) is 55.8 Å². The molecule has 1 aliphatic carbocycles. The summed E-state index contributed by atoms with van der Waals surface area (Å²) in [4.78, 5) is 0. The fourth-order valence-electron chi connectivity index (χ4n) is 3.14. The summed E-state index contributed by atoms with van der Waals surface area (Å²) in [7, 11) is 0. The van der Waals surface area contributed by atoms with E-state index < -0.39 is 0 Å². The maximum atomic E-state index is 6.24. The molecule has 2 heteroatoms. The Hall–Kier alpha value is -0.200. The highest BCUT2D eigenvalue weighted by Gasteiger charge is 2.21. The molecule has 1 aliphatic rings. The van der Waals surface area contributed by atoms with Crippen molar-refractivity contribution in [1.29, 1.82) is 0 Å². The van der Waals surface area contributed by atoms with Gasteiger partial charge in [-0.15, -0.1) is 0 Å². The Morgan fingerprint density at radius 2 is 1.72 bits per heavy atom. The number of halogens is 2. The van der Waals surface area contributed by atoms with Gasteiger partial charge in [-0.05, 0) is 54.9 Å². The molecule has 0 spiro atoms. The van der Waals surface area contributed by atoms with E-state index in [9.17, 15) is 0 Å². The molecule has 0 saturated heterocycles. The summed E-state index contributed by atoms with van der Waals surface area (Å²) in [6, 6.07) is 5.81. The van der Waals surface area contributed by atoms with Crippen LogP contribution in [0.3, 0.4) is 0 Å². The Morgan fingerprint density at radius 3 is 2.39 bits per heavy atom. The normalized spacial score (nSPS) is 24.2. The molecule has 0 amide bonds. The number of rotatable bonds is 4. The van der Waals surface area contributed by atoms with Gasteiger partial charge in [0.2, 0.25) is 0 Å². The first-order valence-corrected chi connectivity index (χ1v) is 7.88. The molecular weight excluding hydrogens is 263 g/mol. The van der Waals surface area contributed by atoms with Crippen LogP contribution < -0.4 is 0 Å². The van der Waals surface area contributed by atoms with Crippen LogP contribution in [0.4, 0.5) is 0 Å². The zero-order valence-electron chi connectivity index (χ0n) is 11.1. The van der Waals surface area contributed by atoms with Crippen molar-refractivity contribution in [2.24, 2.45) is 11.8 Å². The lowest BCUT2D eigenvalue weighted by Crippen LogP contribution is -2.16. The zero-order valence-corrected chi connectivity index (χ0v) is 12.6. The van der Waals surface area contributed by atoms with Gasteiger partial charge < -0.3 is 0 Å². The standard InChI is InChI=1S/C16H22Cl2/c1-2-3-12-4-6-13(7-5-12)10-14-11-15(17)8-9-16(14)18/h8-9,11-13H,2-7,10H2,1H3. The Labute approximate surface area is 121 Å². The summed E-state index contributed by atoms with van der Waals surface area (Å²) in [5.41, 5.74) is 1.23. The highest BCUT2D eigenvalue weighted by Crippen LogP contribution is 2.34. The first-order chi connectivity index (χ1) is 8.69. The van der Waals surface area contributed by atoms with Gasteiger partial charge in [0.05, 0.1) is 0 Å². The average molecular weight is 285 g/mol. The molecule has 0 atom stereocenters. The lowest BCUT2D eigenvalue weighted by atomic mass is 9.78. The van der Waals surface area contributed by atoms with Crippen LogP contribution in [0.1, 0.15) is 51.0 Å². The van der Waals surface area contributed by atoms with Gasteiger partial charge in [0.15, 0.2) is 0 Å². The van der Waals surface area contributed by atoms with E-state index in [1.807, 2.05) is 18.2 Å². The highest BCUT2D eigenvalue weighted by molar-refractivity contribution is 6.33. The number of benzene rings is 1. The van der Waals surface area contributed by atoms with Gasteiger partial charge in [-0.2, -0.15) is 0 Å². The van der Waals surface area contributed by atoms with Crippen LogP contribution >= 0.6 is 23.2 Å². The lowest BCUT2D eigenvalue weighted by Gasteiger charge is -2.28. The molecule has 0 N–H and O–H groups in total. The van der Waals surface area contributed by atoms with E-state index in [0.717, 1.165) is 28.3 Å². The van der Waals surface area contributed by atoms with Gasteiger partial charge in [0.1, 0.15) is 0 Å². The molecule has 1 saturated carbocycles. The van der Waals surface area contributed by atoms with Crippen LogP contribution in [0.2, 0.25) is 10.0 Å². The molecule has 1 fully saturated rings. The molecule has 0 nitrogen and oxygen atoms in total. The number of hydrogen-bond donors (Lipinski definition) is 0. The summed E-state index contributed by atoms with van der Waals surface area (Å²) in [5.74, 6) is 1.77. The Kier molecular flexibility index (Phi) is 5.38. The highest BCUT2D eigenvalue weighted by atomic mass is 35.5. The van der Waals surface area contributed by atoms with Crippen molar-refractivity contribution >= 4 is 23.2 Å². The minimum atomic E-state index is 0.800.